The van der Waals surface area contributed by atoms with Gasteiger partial charge >= 0.3 is 0 Å². The van der Waals surface area contributed by atoms with E-state index in [1.165, 1.54) is 34.5 Å². The van der Waals surface area contributed by atoms with Crippen molar-refractivity contribution < 1.29 is 0 Å². The number of thiophene rings is 1. The number of likely N-dealkylation sites (tertiary alicyclic amines) is 1. The predicted octanol–water partition coefficient (Wildman–Crippen LogP) is 3.08. The van der Waals surface area contributed by atoms with Gasteiger partial charge in [-0.3, -0.25) is 4.90 Å². The average Bonchev–Trinajstić information content (AvgIpc) is 2.67. The molecule has 1 atom stereocenters. The second kappa shape index (κ2) is 6.15. The molecular formula is C12H19BrN2S. The summed E-state index contributed by atoms with van der Waals surface area (Å²) in [5.41, 5.74) is 0. The minimum absolute atomic E-state index is 0.722. The molecule has 0 aromatic carbocycles. The fraction of sp³-hybridized carbons (Fsp3) is 0.667. The van der Waals surface area contributed by atoms with Crippen LogP contribution in [0.5, 0.6) is 0 Å². The van der Waals surface area contributed by atoms with Crippen LogP contribution < -0.4 is 5.32 Å². The van der Waals surface area contributed by atoms with Crippen LogP contribution >= 0.6 is 27.3 Å². The first kappa shape index (κ1) is 12.6. The Morgan fingerprint density at radius 2 is 2.38 bits per heavy atom. The van der Waals surface area contributed by atoms with E-state index in [4.69, 9.17) is 0 Å². The van der Waals surface area contributed by atoms with Gasteiger partial charge in [0.2, 0.25) is 0 Å². The minimum Gasteiger partial charge on any atom is -0.318 e. The Kier molecular flexibility index (Phi) is 4.82. The molecule has 90 valence electrons. The highest BCUT2D eigenvalue weighted by atomic mass is 79.9. The quantitative estimate of drug-likeness (QED) is 0.919. The SMILES string of the molecule is CNCC1CCCCN1Cc1ccc(Br)s1. The topological polar surface area (TPSA) is 15.3 Å². The monoisotopic (exact) mass is 302 g/mol. The van der Waals surface area contributed by atoms with Gasteiger partial charge < -0.3 is 5.32 Å². The van der Waals surface area contributed by atoms with Gasteiger partial charge in [-0.1, -0.05) is 6.42 Å². The molecule has 2 rings (SSSR count). The lowest BCUT2D eigenvalue weighted by atomic mass is 10.0. The van der Waals surface area contributed by atoms with E-state index in [0.717, 1.165) is 19.1 Å². The van der Waals surface area contributed by atoms with Crippen molar-refractivity contribution in [3.63, 3.8) is 0 Å². The van der Waals surface area contributed by atoms with E-state index in [0.29, 0.717) is 0 Å². The van der Waals surface area contributed by atoms with Crippen LogP contribution in [0.4, 0.5) is 0 Å². The zero-order valence-electron chi connectivity index (χ0n) is 9.71. The van der Waals surface area contributed by atoms with Crippen LogP contribution in [0.1, 0.15) is 24.1 Å². The Labute approximate surface area is 110 Å². The highest BCUT2D eigenvalue weighted by molar-refractivity contribution is 9.11. The summed E-state index contributed by atoms with van der Waals surface area (Å²) in [5.74, 6) is 0. The summed E-state index contributed by atoms with van der Waals surface area (Å²) in [6.07, 6.45) is 4.08. The van der Waals surface area contributed by atoms with Gasteiger partial charge in [0.05, 0.1) is 3.79 Å². The third kappa shape index (κ3) is 3.29. The van der Waals surface area contributed by atoms with Crippen molar-refractivity contribution in [1.29, 1.82) is 0 Å². The minimum atomic E-state index is 0.722. The Hall–Kier alpha value is 0.1000. The molecule has 16 heavy (non-hydrogen) atoms. The number of hydrogen-bond donors (Lipinski definition) is 1. The van der Waals surface area contributed by atoms with Crippen molar-refractivity contribution in [1.82, 2.24) is 10.2 Å². The first-order chi connectivity index (χ1) is 7.79. The van der Waals surface area contributed by atoms with Crippen LogP contribution in [0.25, 0.3) is 0 Å². The molecule has 1 aliphatic rings. The lowest BCUT2D eigenvalue weighted by Crippen LogP contribution is -2.44. The fourth-order valence-corrected chi connectivity index (χ4v) is 3.88. The molecule has 1 saturated heterocycles. The van der Waals surface area contributed by atoms with Crippen LogP contribution in [0.15, 0.2) is 15.9 Å². The third-order valence-electron chi connectivity index (χ3n) is 3.18. The zero-order valence-corrected chi connectivity index (χ0v) is 12.1. The smallest absolute Gasteiger partial charge is 0.0701 e. The number of nitrogens with one attached hydrogen (secondary N) is 1. The van der Waals surface area contributed by atoms with E-state index in [1.807, 2.05) is 11.3 Å². The molecule has 0 radical (unpaired) electrons. The molecule has 1 unspecified atom stereocenters. The van der Waals surface area contributed by atoms with Crippen molar-refractivity contribution in [3.05, 3.63) is 20.8 Å². The first-order valence-corrected chi connectivity index (χ1v) is 7.53. The third-order valence-corrected chi connectivity index (χ3v) is 4.79. The summed E-state index contributed by atoms with van der Waals surface area (Å²) < 4.78 is 1.24. The zero-order chi connectivity index (χ0) is 11.4. The number of halogens is 1. The summed E-state index contributed by atoms with van der Waals surface area (Å²) in [6.45, 7) is 3.48. The number of piperidine rings is 1. The van der Waals surface area contributed by atoms with Crippen LogP contribution in [-0.2, 0) is 6.54 Å². The van der Waals surface area contributed by atoms with E-state index in [1.54, 1.807) is 0 Å². The van der Waals surface area contributed by atoms with Crippen molar-refractivity contribution in [3.8, 4) is 0 Å². The predicted molar refractivity (Wildman–Crippen MR) is 74.0 cm³/mol. The Morgan fingerprint density at radius 3 is 3.06 bits per heavy atom. The summed E-state index contributed by atoms with van der Waals surface area (Å²) in [5, 5.41) is 3.31. The summed E-state index contributed by atoms with van der Waals surface area (Å²) in [7, 11) is 2.05. The molecule has 2 heterocycles. The maximum atomic E-state index is 3.53. The van der Waals surface area contributed by atoms with E-state index in [9.17, 15) is 0 Å². The Morgan fingerprint density at radius 1 is 1.50 bits per heavy atom. The standard InChI is InChI=1S/C12H19BrN2S/c1-14-8-10-4-2-3-7-15(10)9-11-5-6-12(13)16-11/h5-6,10,14H,2-4,7-9H2,1H3. The lowest BCUT2D eigenvalue weighted by molar-refractivity contribution is 0.140. The Bertz CT molecular complexity index is 325. The molecule has 1 aliphatic heterocycles. The summed E-state index contributed by atoms with van der Waals surface area (Å²) in [6, 6.07) is 5.11. The number of hydrogen-bond acceptors (Lipinski definition) is 3. The van der Waals surface area contributed by atoms with Crippen LogP contribution in [0.2, 0.25) is 0 Å². The molecule has 1 aromatic rings. The van der Waals surface area contributed by atoms with Gasteiger partial charge in [-0.15, -0.1) is 11.3 Å². The summed E-state index contributed by atoms with van der Waals surface area (Å²) in [4.78, 5) is 4.09. The van der Waals surface area contributed by atoms with Gasteiger partial charge in [-0.25, -0.2) is 0 Å². The molecule has 0 amide bonds. The molecule has 1 aromatic heterocycles. The maximum absolute atomic E-state index is 3.53. The molecule has 0 bridgehead atoms. The molecule has 0 aliphatic carbocycles. The van der Waals surface area contributed by atoms with E-state index in [2.05, 4.69) is 45.3 Å². The van der Waals surface area contributed by atoms with Gasteiger partial charge in [0.15, 0.2) is 0 Å². The van der Waals surface area contributed by atoms with Gasteiger partial charge in [0.1, 0.15) is 0 Å². The molecule has 2 nitrogen and oxygen atoms in total. The maximum Gasteiger partial charge on any atom is 0.0701 e. The normalized spacial score (nSPS) is 22.5. The van der Waals surface area contributed by atoms with Crippen molar-refractivity contribution in [2.24, 2.45) is 0 Å². The van der Waals surface area contributed by atoms with Gasteiger partial charge in [0, 0.05) is 24.0 Å². The molecule has 1 N–H and O–H groups in total. The van der Waals surface area contributed by atoms with E-state index in [-0.39, 0.29) is 0 Å². The average molecular weight is 303 g/mol. The van der Waals surface area contributed by atoms with Crippen LogP contribution in [0.3, 0.4) is 0 Å². The second-order valence-electron chi connectivity index (χ2n) is 4.38. The van der Waals surface area contributed by atoms with E-state index < -0.39 is 0 Å². The van der Waals surface area contributed by atoms with Gasteiger partial charge in [-0.2, -0.15) is 0 Å². The Balaban J connectivity index is 1.95. The molecule has 1 fully saturated rings. The van der Waals surface area contributed by atoms with Crippen LogP contribution in [0, 0.1) is 0 Å². The lowest BCUT2D eigenvalue weighted by Gasteiger charge is -2.35. The van der Waals surface area contributed by atoms with Gasteiger partial charge in [0.25, 0.3) is 0 Å². The number of nitrogens with zero attached hydrogens (tertiary/aromatic N) is 1. The molecule has 4 heteroatoms. The molecule has 0 spiro atoms. The largest absolute Gasteiger partial charge is 0.318 e. The van der Waals surface area contributed by atoms with Crippen molar-refractivity contribution in [2.75, 3.05) is 20.1 Å². The van der Waals surface area contributed by atoms with Crippen molar-refractivity contribution in [2.45, 2.75) is 31.8 Å². The van der Waals surface area contributed by atoms with E-state index >= 15 is 0 Å². The van der Waals surface area contributed by atoms with Gasteiger partial charge in [-0.05, 0) is 54.5 Å². The number of rotatable bonds is 4. The number of likely N-dealkylation sites (N-methyl/N-ethyl adjacent to an activating group) is 1. The summed E-state index contributed by atoms with van der Waals surface area (Å²) >= 11 is 5.39. The first-order valence-electron chi connectivity index (χ1n) is 5.92. The highest BCUT2D eigenvalue weighted by Crippen LogP contribution is 2.26. The molecular weight excluding hydrogens is 284 g/mol. The second-order valence-corrected chi connectivity index (χ2v) is 6.93. The molecule has 0 saturated carbocycles. The van der Waals surface area contributed by atoms with Crippen molar-refractivity contribution >= 4 is 27.3 Å². The van der Waals surface area contributed by atoms with Crippen LogP contribution in [-0.4, -0.2) is 31.1 Å². The fourth-order valence-electron chi connectivity index (χ4n) is 2.37. The highest BCUT2D eigenvalue weighted by Gasteiger charge is 2.21.